The molecule has 0 saturated carbocycles. The average molecular weight is 321 g/mol. The van der Waals surface area contributed by atoms with Crippen molar-refractivity contribution >= 4 is 29.2 Å². The van der Waals surface area contributed by atoms with Gasteiger partial charge in [0, 0.05) is 0 Å². The Labute approximate surface area is 131 Å². The summed E-state index contributed by atoms with van der Waals surface area (Å²) in [5.41, 5.74) is 5.88. The molecule has 9 nitrogen and oxygen atoms in total. The van der Waals surface area contributed by atoms with Crippen LogP contribution in [0.1, 0.15) is 6.92 Å². The lowest BCUT2D eigenvalue weighted by molar-refractivity contribution is -0.139. The van der Waals surface area contributed by atoms with Gasteiger partial charge in [0.1, 0.15) is 11.8 Å². The molecule has 122 valence electrons. The lowest BCUT2D eigenvalue weighted by Crippen LogP contribution is -2.42. The fourth-order valence-corrected chi connectivity index (χ4v) is 1.85. The van der Waals surface area contributed by atoms with Crippen molar-refractivity contribution in [2.24, 2.45) is 10.8 Å². The van der Waals surface area contributed by atoms with Crippen LogP contribution in [0.5, 0.6) is 5.75 Å². The first-order valence-corrected chi connectivity index (χ1v) is 6.74. The van der Waals surface area contributed by atoms with E-state index in [-0.39, 0.29) is 12.3 Å². The van der Waals surface area contributed by atoms with Crippen molar-refractivity contribution < 1.29 is 29.0 Å². The van der Waals surface area contributed by atoms with Crippen LogP contribution >= 0.6 is 0 Å². The van der Waals surface area contributed by atoms with Gasteiger partial charge in [-0.2, -0.15) is 10.1 Å². The Hall–Kier alpha value is -2.94. The van der Waals surface area contributed by atoms with E-state index in [0.717, 1.165) is 5.01 Å². The van der Waals surface area contributed by atoms with Crippen molar-refractivity contribution in [3.8, 4) is 5.75 Å². The van der Waals surface area contributed by atoms with Crippen LogP contribution in [-0.2, 0) is 19.1 Å². The van der Waals surface area contributed by atoms with Gasteiger partial charge in [-0.1, -0.05) is 0 Å². The Bertz CT molecular complexity index is 655. The molecule has 1 unspecified atom stereocenters. The standard InChI is InChI=1S/C14H15N3O6/c1-2-22-14(21)12-11(15)13(20)17(16-12)8-3-5-9(6-4-8)23-7-10(18)19/h3-6,11H,2,7,15H2,1H3,(H,18,19). The van der Waals surface area contributed by atoms with Crippen molar-refractivity contribution in [3.63, 3.8) is 0 Å². The van der Waals surface area contributed by atoms with E-state index in [0.29, 0.717) is 11.4 Å². The van der Waals surface area contributed by atoms with Crippen molar-refractivity contribution in [2.75, 3.05) is 18.2 Å². The Kier molecular flexibility index (Phi) is 4.91. The first-order chi connectivity index (χ1) is 10.9. The van der Waals surface area contributed by atoms with Gasteiger partial charge in [-0.05, 0) is 31.2 Å². The monoisotopic (exact) mass is 321 g/mol. The summed E-state index contributed by atoms with van der Waals surface area (Å²) in [5.74, 6) is -2.08. The molecule has 0 aromatic heterocycles. The van der Waals surface area contributed by atoms with E-state index in [1.807, 2.05) is 0 Å². The quantitative estimate of drug-likeness (QED) is 0.690. The van der Waals surface area contributed by atoms with E-state index in [4.69, 9.17) is 20.3 Å². The Morgan fingerprint density at radius 2 is 2.00 bits per heavy atom. The van der Waals surface area contributed by atoms with Crippen LogP contribution in [0, 0.1) is 0 Å². The zero-order valence-corrected chi connectivity index (χ0v) is 12.3. The highest BCUT2D eigenvalue weighted by molar-refractivity contribution is 6.45. The van der Waals surface area contributed by atoms with E-state index in [1.54, 1.807) is 6.92 Å². The molecule has 1 aliphatic rings. The number of esters is 1. The third-order valence-electron chi connectivity index (χ3n) is 2.91. The summed E-state index contributed by atoms with van der Waals surface area (Å²) in [6, 6.07) is 4.78. The summed E-state index contributed by atoms with van der Waals surface area (Å²) in [6.07, 6.45) is 0. The fraction of sp³-hybridized carbons (Fsp3) is 0.286. The molecule has 1 aliphatic heterocycles. The Balaban J connectivity index is 2.16. The predicted molar refractivity (Wildman–Crippen MR) is 79.1 cm³/mol. The number of hydrogen-bond donors (Lipinski definition) is 2. The summed E-state index contributed by atoms with van der Waals surface area (Å²) in [7, 11) is 0. The van der Waals surface area contributed by atoms with Crippen LogP contribution in [0.4, 0.5) is 5.69 Å². The number of anilines is 1. The molecule has 0 fully saturated rings. The molecule has 9 heteroatoms. The minimum absolute atomic E-state index is 0.147. The van der Waals surface area contributed by atoms with Crippen molar-refractivity contribution in [2.45, 2.75) is 13.0 Å². The zero-order valence-electron chi connectivity index (χ0n) is 12.3. The van der Waals surface area contributed by atoms with Crippen LogP contribution in [0.25, 0.3) is 0 Å². The molecule has 1 aromatic carbocycles. The number of aliphatic carboxylic acids is 1. The lowest BCUT2D eigenvalue weighted by atomic mass is 10.2. The summed E-state index contributed by atoms with van der Waals surface area (Å²) < 4.78 is 9.78. The van der Waals surface area contributed by atoms with E-state index >= 15 is 0 Å². The molecule has 1 heterocycles. The molecular formula is C14H15N3O6. The normalized spacial score (nSPS) is 17.0. The predicted octanol–water partition coefficient (Wildman–Crippen LogP) is -0.257. The highest BCUT2D eigenvalue weighted by Crippen LogP contribution is 2.23. The molecule has 0 spiro atoms. The van der Waals surface area contributed by atoms with Crippen LogP contribution in [0.15, 0.2) is 29.4 Å². The third-order valence-corrected chi connectivity index (χ3v) is 2.91. The number of ether oxygens (including phenoxy) is 2. The number of amides is 1. The number of carboxylic acids is 1. The maximum absolute atomic E-state index is 12.1. The molecule has 0 saturated heterocycles. The largest absolute Gasteiger partial charge is 0.482 e. The number of nitrogens with zero attached hydrogens (tertiary/aromatic N) is 2. The molecule has 1 aromatic rings. The minimum atomic E-state index is -1.18. The summed E-state index contributed by atoms with van der Waals surface area (Å²) in [6.45, 7) is 1.31. The topological polar surface area (TPSA) is 132 Å². The van der Waals surface area contributed by atoms with Gasteiger partial charge in [-0.15, -0.1) is 0 Å². The molecule has 1 amide bonds. The van der Waals surface area contributed by atoms with Crippen LogP contribution in [0.2, 0.25) is 0 Å². The summed E-state index contributed by atoms with van der Waals surface area (Å²) in [4.78, 5) is 34.2. The van der Waals surface area contributed by atoms with Crippen molar-refractivity contribution in [3.05, 3.63) is 24.3 Å². The number of benzene rings is 1. The SMILES string of the molecule is CCOC(=O)C1=NN(c2ccc(OCC(=O)O)cc2)C(=O)C1N. The Morgan fingerprint density at radius 1 is 1.35 bits per heavy atom. The number of nitrogens with two attached hydrogens (primary N) is 1. The van der Waals surface area contributed by atoms with E-state index < -0.39 is 30.5 Å². The van der Waals surface area contributed by atoms with Gasteiger partial charge in [0.15, 0.2) is 12.3 Å². The minimum Gasteiger partial charge on any atom is -0.482 e. The summed E-state index contributed by atoms with van der Waals surface area (Å²) >= 11 is 0. The second kappa shape index (κ2) is 6.88. The molecule has 1 atom stereocenters. The van der Waals surface area contributed by atoms with Gasteiger partial charge in [-0.25, -0.2) is 9.59 Å². The number of hydrazone groups is 1. The number of carbonyl (C=O) groups is 3. The van der Waals surface area contributed by atoms with Gasteiger partial charge in [0.25, 0.3) is 5.91 Å². The first-order valence-electron chi connectivity index (χ1n) is 6.74. The molecule has 0 bridgehead atoms. The average Bonchev–Trinajstić information content (AvgIpc) is 2.82. The second-order valence-electron chi connectivity index (χ2n) is 4.51. The molecule has 23 heavy (non-hydrogen) atoms. The number of hydrogen-bond acceptors (Lipinski definition) is 7. The van der Waals surface area contributed by atoms with Crippen LogP contribution in [-0.4, -0.2) is 47.9 Å². The van der Waals surface area contributed by atoms with Gasteiger partial charge >= 0.3 is 11.9 Å². The number of carbonyl (C=O) groups excluding carboxylic acids is 2. The number of rotatable bonds is 6. The first kappa shape index (κ1) is 16.4. The second-order valence-corrected chi connectivity index (χ2v) is 4.51. The smallest absolute Gasteiger partial charge is 0.356 e. The van der Waals surface area contributed by atoms with E-state index in [2.05, 4.69) is 5.10 Å². The highest BCUT2D eigenvalue weighted by Gasteiger charge is 2.38. The fourth-order valence-electron chi connectivity index (χ4n) is 1.85. The maximum Gasteiger partial charge on any atom is 0.356 e. The molecule has 0 aliphatic carbocycles. The lowest BCUT2D eigenvalue weighted by Gasteiger charge is -2.13. The van der Waals surface area contributed by atoms with E-state index in [1.165, 1.54) is 24.3 Å². The van der Waals surface area contributed by atoms with Gasteiger partial charge < -0.3 is 20.3 Å². The molecule has 3 N–H and O–H groups in total. The van der Waals surface area contributed by atoms with Gasteiger partial charge in [0.2, 0.25) is 0 Å². The molecular weight excluding hydrogens is 306 g/mol. The molecule has 2 rings (SSSR count). The van der Waals surface area contributed by atoms with Gasteiger partial charge in [0.05, 0.1) is 12.3 Å². The van der Waals surface area contributed by atoms with Crippen LogP contribution in [0.3, 0.4) is 0 Å². The highest BCUT2D eigenvalue weighted by atomic mass is 16.5. The third kappa shape index (κ3) is 3.64. The van der Waals surface area contributed by atoms with Gasteiger partial charge in [-0.3, -0.25) is 4.79 Å². The van der Waals surface area contributed by atoms with Crippen LogP contribution < -0.4 is 15.5 Å². The van der Waals surface area contributed by atoms with Crippen molar-refractivity contribution in [1.29, 1.82) is 0 Å². The number of carboxylic acid groups (broad SMARTS) is 1. The molecule has 0 radical (unpaired) electrons. The summed E-state index contributed by atoms with van der Waals surface area (Å²) in [5, 5.41) is 13.4. The maximum atomic E-state index is 12.1. The Morgan fingerprint density at radius 3 is 2.57 bits per heavy atom. The van der Waals surface area contributed by atoms with E-state index in [9.17, 15) is 14.4 Å². The zero-order chi connectivity index (χ0) is 17.0. The van der Waals surface area contributed by atoms with Crippen molar-refractivity contribution in [1.82, 2.24) is 0 Å².